The Morgan fingerprint density at radius 3 is 2.36 bits per heavy atom. The van der Waals surface area contributed by atoms with Gasteiger partial charge < -0.3 is 5.32 Å². The summed E-state index contributed by atoms with van der Waals surface area (Å²) in [4.78, 5) is 14.7. The first-order valence-corrected chi connectivity index (χ1v) is 10.4. The fourth-order valence-electron chi connectivity index (χ4n) is 4.16. The summed E-state index contributed by atoms with van der Waals surface area (Å²) in [6.07, 6.45) is 1.78. The lowest BCUT2D eigenvalue weighted by Crippen LogP contribution is -2.63. The van der Waals surface area contributed by atoms with Crippen LogP contribution in [0.1, 0.15) is 32.3 Å². The third kappa shape index (κ3) is 4.86. The fraction of sp³-hybridized carbons (Fsp3) is 0.409. The standard InChI is InChI=1S/C20H19Cl2FN2O.C2H6/c21-15-3-1-13(2-4-15)10-25-11-20(12-25)8-14(9-20)19(26)24-18-6-16(22)5-17(23)7-18;1-2/h1-7,14H,8-12H2,(H,24,26);1-2H3. The van der Waals surface area contributed by atoms with Crippen molar-refractivity contribution in [3.05, 3.63) is 63.9 Å². The molecule has 3 nitrogen and oxygen atoms in total. The van der Waals surface area contributed by atoms with Crippen LogP contribution in [0.25, 0.3) is 0 Å². The highest BCUT2D eigenvalue weighted by molar-refractivity contribution is 6.31. The van der Waals surface area contributed by atoms with E-state index in [0.29, 0.717) is 5.69 Å². The monoisotopic (exact) mass is 422 g/mol. The number of nitrogens with zero attached hydrogens (tertiary/aromatic N) is 1. The first-order valence-electron chi connectivity index (χ1n) is 9.65. The number of nitrogens with one attached hydrogen (secondary N) is 1. The average Bonchev–Trinajstić information content (AvgIpc) is 2.58. The summed E-state index contributed by atoms with van der Waals surface area (Å²) in [6, 6.07) is 12.0. The normalized spacial score (nSPS) is 17.9. The van der Waals surface area contributed by atoms with Gasteiger partial charge in [0, 0.05) is 41.3 Å². The van der Waals surface area contributed by atoms with Crippen molar-refractivity contribution in [2.75, 3.05) is 18.4 Å². The van der Waals surface area contributed by atoms with Gasteiger partial charge in [0.15, 0.2) is 0 Å². The van der Waals surface area contributed by atoms with Crippen LogP contribution in [0.5, 0.6) is 0 Å². The van der Waals surface area contributed by atoms with Crippen molar-refractivity contribution in [3.63, 3.8) is 0 Å². The first kappa shape index (κ1) is 21.1. The summed E-state index contributed by atoms with van der Waals surface area (Å²) >= 11 is 11.7. The number of hydrogen-bond acceptors (Lipinski definition) is 2. The van der Waals surface area contributed by atoms with Gasteiger partial charge in [-0.15, -0.1) is 0 Å². The van der Waals surface area contributed by atoms with Crippen molar-refractivity contribution in [2.24, 2.45) is 11.3 Å². The largest absolute Gasteiger partial charge is 0.326 e. The molecule has 0 unspecified atom stereocenters. The summed E-state index contributed by atoms with van der Waals surface area (Å²) in [5, 5.41) is 3.81. The highest BCUT2D eigenvalue weighted by Crippen LogP contribution is 2.52. The second-order valence-electron chi connectivity index (χ2n) is 7.52. The van der Waals surface area contributed by atoms with Gasteiger partial charge in [-0.3, -0.25) is 9.69 Å². The average molecular weight is 423 g/mol. The van der Waals surface area contributed by atoms with Gasteiger partial charge in [-0.1, -0.05) is 49.2 Å². The number of carbonyl (C=O) groups is 1. The van der Waals surface area contributed by atoms with Crippen LogP contribution in [0.15, 0.2) is 42.5 Å². The minimum Gasteiger partial charge on any atom is -0.326 e. The van der Waals surface area contributed by atoms with Crippen LogP contribution in [-0.2, 0) is 11.3 Å². The summed E-state index contributed by atoms with van der Waals surface area (Å²) in [7, 11) is 0. The lowest BCUT2D eigenvalue weighted by atomic mass is 9.57. The third-order valence-electron chi connectivity index (χ3n) is 5.30. The van der Waals surface area contributed by atoms with Gasteiger partial charge in [0.2, 0.25) is 5.91 Å². The Morgan fingerprint density at radius 2 is 1.75 bits per heavy atom. The maximum absolute atomic E-state index is 13.4. The molecule has 1 heterocycles. The number of carbonyl (C=O) groups excluding carboxylic acids is 1. The zero-order valence-electron chi connectivity index (χ0n) is 16.1. The number of likely N-dealkylation sites (tertiary alicyclic amines) is 1. The van der Waals surface area contributed by atoms with Gasteiger partial charge >= 0.3 is 0 Å². The SMILES string of the molecule is CC.O=C(Nc1cc(F)cc(Cl)c1)C1CC2(C1)CN(Cc1ccc(Cl)cc1)C2. The molecule has 1 saturated carbocycles. The Morgan fingerprint density at radius 1 is 1.11 bits per heavy atom. The molecule has 2 fully saturated rings. The smallest absolute Gasteiger partial charge is 0.227 e. The van der Waals surface area contributed by atoms with E-state index in [1.54, 1.807) is 6.07 Å². The second-order valence-corrected chi connectivity index (χ2v) is 8.40. The zero-order valence-corrected chi connectivity index (χ0v) is 17.7. The Bertz CT molecular complexity index is 807. The molecule has 1 spiro atoms. The molecule has 1 amide bonds. The van der Waals surface area contributed by atoms with E-state index in [2.05, 4.69) is 22.3 Å². The minimum absolute atomic E-state index is 0.00488. The van der Waals surface area contributed by atoms with Crippen molar-refractivity contribution >= 4 is 34.8 Å². The van der Waals surface area contributed by atoms with E-state index in [9.17, 15) is 9.18 Å². The molecule has 6 heteroatoms. The van der Waals surface area contributed by atoms with Crippen molar-refractivity contribution in [3.8, 4) is 0 Å². The van der Waals surface area contributed by atoms with Crippen LogP contribution in [0.2, 0.25) is 10.0 Å². The van der Waals surface area contributed by atoms with E-state index >= 15 is 0 Å². The van der Waals surface area contributed by atoms with Gasteiger partial charge in [0.25, 0.3) is 0 Å². The Kier molecular flexibility index (Phi) is 6.64. The molecule has 1 aliphatic heterocycles. The maximum atomic E-state index is 13.4. The molecule has 0 bridgehead atoms. The van der Waals surface area contributed by atoms with Gasteiger partial charge in [-0.05, 0) is 54.2 Å². The number of anilines is 1. The third-order valence-corrected chi connectivity index (χ3v) is 5.77. The Balaban J connectivity index is 0.00000109. The predicted octanol–water partition coefficient (Wildman–Crippen LogP) is 6.01. The molecule has 1 N–H and O–H groups in total. The maximum Gasteiger partial charge on any atom is 0.227 e. The molecule has 2 aromatic carbocycles. The molecule has 0 aromatic heterocycles. The highest BCUT2D eigenvalue weighted by atomic mass is 35.5. The molecule has 1 aliphatic carbocycles. The Labute approximate surface area is 175 Å². The Hall–Kier alpha value is -1.62. The number of hydrogen-bond donors (Lipinski definition) is 1. The van der Waals surface area contributed by atoms with Crippen LogP contribution < -0.4 is 5.32 Å². The van der Waals surface area contributed by atoms with E-state index < -0.39 is 5.82 Å². The van der Waals surface area contributed by atoms with E-state index in [0.717, 1.165) is 37.5 Å². The topological polar surface area (TPSA) is 32.3 Å². The van der Waals surface area contributed by atoms with E-state index in [1.165, 1.54) is 17.7 Å². The number of amides is 1. The highest BCUT2D eigenvalue weighted by Gasteiger charge is 2.54. The molecule has 2 aliphatic rings. The van der Waals surface area contributed by atoms with E-state index in [4.69, 9.17) is 23.2 Å². The lowest BCUT2D eigenvalue weighted by molar-refractivity contribution is -0.140. The predicted molar refractivity (Wildman–Crippen MR) is 113 cm³/mol. The summed E-state index contributed by atoms with van der Waals surface area (Å²) in [5.74, 6) is -0.502. The quantitative estimate of drug-likeness (QED) is 0.653. The van der Waals surface area contributed by atoms with Gasteiger partial charge in [0.05, 0.1) is 0 Å². The van der Waals surface area contributed by atoms with Gasteiger partial charge in [0.1, 0.15) is 5.82 Å². The minimum atomic E-state index is -0.449. The zero-order chi connectivity index (χ0) is 20.3. The second kappa shape index (κ2) is 8.81. The number of halogens is 3. The molecule has 1 saturated heterocycles. The van der Waals surface area contributed by atoms with Crippen molar-refractivity contribution in [1.29, 1.82) is 0 Å². The first-order chi connectivity index (χ1) is 13.4. The van der Waals surface area contributed by atoms with Crippen LogP contribution in [-0.4, -0.2) is 23.9 Å². The summed E-state index contributed by atoms with van der Waals surface area (Å²) < 4.78 is 13.4. The van der Waals surface area contributed by atoms with E-state index in [1.807, 2.05) is 26.0 Å². The number of benzene rings is 2. The summed E-state index contributed by atoms with van der Waals surface area (Å²) in [6.45, 7) is 6.95. The van der Waals surface area contributed by atoms with Crippen LogP contribution in [0.3, 0.4) is 0 Å². The van der Waals surface area contributed by atoms with Gasteiger partial charge in [-0.25, -0.2) is 4.39 Å². The lowest BCUT2D eigenvalue weighted by Gasteiger charge is -2.58. The van der Waals surface area contributed by atoms with E-state index in [-0.39, 0.29) is 22.3 Å². The molecule has 4 rings (SSSR count). The van der Waals surface area contributed by atoms with Crippen molar-refractivity contribution in [2.45, 2.75) is 33.2 Å². The number of rotatable bonds is 4. The molecular weight excluding hydrogens is 398 g/mol. The van der Waals surface area contributed by atoms with Crippen molar-refractivity contribution < 1.29 is 9.18 Å². The molecular formula is C22H25Cl2FN2O. The molecule has 28 heavy (non-hydrogen) atoms. The molecule has 0 radical (unpaired) electrons. The molecule has 150 valence electrons. The van der Waals surface area contributed by atoms with Crippen LogP contribution in [0.4, 0.5) is 10.1 Å². The van der Waals surface area contributed by atoms with Crippen molar-refractivity contribution in [1.82, 2.24) is 4.90 Å². The van der Waals surface area contributed by atoms with Crippen LogP contribution in [0, 0.1) is 17.2 Å². The molecule has 2 aromatic rings. The molecule has 0 atom stereocenters. The summed E-state index contributed by atoms with van der Waals surface area (Å²) in [5.41, 5.74) is 1.94. The fourth-order valence-corrected chi connectivity index (χ4v) is 4.51. The van der Waals surface area contributed by atoms with Crippen LogP contribution >= 0.6 is 23.2 Å². The van der Waals surface area contributed by atoms with Gasteiger partial charge in [-0.2, -0.15) is 0 Å².